The summed E-state index contributed by atoms with van der Waals surface area (Å²) in [5, 5.41) is 11.1. The molecule has 2 atom stereocenters. The fraction of sp³-hybridized carbons (Fsp3) is 0.647. The number of fused-ring (bicyclic) bond motifs is 1. The molecule has 0 aromatic heterocycles. The quantitative estimate of drug-likeness (QED) is 0.779. The van der Waals surface area contributed by atoms with Gasteiger partial charge in [0.15, 0.2) is 0 Å². The van der Waals surface area contributed by atoms with Crippen molar-refractivity contribution in [3.8, 4) is 0 Å². The topological polar surface area (TPSA) is 20.2 Å². The molecule has 0 fully saturated rings. The predicted octanol–water partition coefficient (Wildman–Crippen LogP) is 4.43. The minimum absolute atomic E-state index is 0.582. The van der Waals surface area contributed by atoms with Crippen molar-refractivity contribution in [2.75, 3.05) is 0 Å². The van der Waals surface area contributed by atoms with Gasteiger partial charge in [0.2, 0.25) is 0 Å². The summed E-state index contributed by atoms with van der Waals surface area (Å²) in [4.78, 5) is 0. The van der Waals surface area contributed by atoms with E-state index in [-0.39, 0.29) is 0 Å². The molecule has 2 unspecified atom stereocenters. The van der Waals surface area contributed by atoms with E-state index in [4.69, 9.17) is 0 Å². The van der Waals surface area contributed by atoms with E-state index in [0.29, 0.717) is 5.92 Å². The van der Waals surface area contributed by atoms with Crippen LogP contribution in [-0.4, -0.2) is 5.11 Å². The summed E-state index contributed by atoms with van der Waals surface area (Å²) in [6.45, 7) is 4.50. The van der Waals surface area contributed by atoms with Crippen molar-refractivity contribution >= 4 is 0 Å². The van der Waals surface area contributed by atoms with Crippen LogP contribution in [0.5, 0.6) is 0 Å². The zero-order chi connectivity index (χ0) is 13.0. The first-order chi connectivity index (χ1) is 8.65. The first kappa shape index (κ1) is 13.6. The second-order valence-corrected chi connectivity index (χ2v) is 5.99. The average molecular weight is 246 g/mol. The normalized spacial score (nSPS) is 25.3. The van der Waals surface area contributed by atoms with Crippen LogP contribution in [0, 0.1) is 5.92 Å². The molecule has 0 amide bonds. The van der Waals surface area contributed by atoms with Gasteiger partial charge in [0, 0.05) is 0 Å². The van der Waals surface area contributed by atoms with Crippen LogP contribution in [0.3, 0.4) is 0 Å². The van der Waals surface area contributed by atoms with Gasteiger partial charge >= 0.3 is 0 Å². The van der Waals surface area contributed by atoms with Crippen LogP contribution >= 0.6 is 0 Å². The largest absolute Gasteiger partial charge is 0.385 e. The third-order valence-electron chi connectivity index (χ3n) is 4.27. The minimum Gasteiger partial charge on any atom is -0.385 e. The van der Waals surface area contributed by atoms with Crippen LogP contribution in [0.25, 0.3) is 0 Å². The molecule has 18 heavy (non-hydrogen) atoms. The zero-order valence-electron chi connectivity index (χ0n) is 11.8. The summed E-state index contributed by atoms with van der Waals surface area (Å²) in [7, 11) is 0. The summed E-state index contributed by atoms with van der Waals surface area (Å²) < 4.78 is 0. The van der Waals surface area contributed by atoms with Crippen molar-refractivity contribution in [2.45, 2.75) is 64.4 Å². The van der Waals surface area contributed by atoms with Crippen molar-refractivity contribution in [3.05, 3.63) is 35.4 Å². The molecule has 0 heterocycles. The summed E-state index contributed by atoms with van der Waals surface area (Å²) in [5.74, 6) is 0.603. The van der Waals surface area contributed by atoms with Gasteiger partial charge in [-0.2, -0.15) is 0 Å². The fourth-order valence-corrected chi connectivity index (χ4v) is 3.44. The molecule has 100 valence electrons. The lowest BCUT2D eigenvalue weighted by molar-refractivity contribution is 0.00304. The van der Waals surface area contributed by atoms with Crippen LogP contribution in [0.4, 0.5) is 0 Å². The fourth-order valence-electron chi connectivity index (χ4n) is 3.44. The van der Waals surface area contributed by atoms with Crippen LogP contribution < -0.4 is 0 Å². The Morgan fingerprint density at radius 1 is 1.28 bits per heavy atom. The van der Waals surface area contributed by atoms with Crippen LogP contribution in [0.1, 0.15) is 63.5 Å². The van der Waals surface area contributed by atoms with Gasteiger partial charge in [-0.25, -0.2) is 0 Å². The van der Waals surface area contributed by atoms with E-state index in [2.05, 4.69) is 38.1 Å². The Hall–Kier alpha value is -0.820. The molecule has 1 aromatic rings. The molecule has 1 N–H and O–H groups in total. The lowest BCUT2D eigenvalue weighted by atomic mass is 9.80. The van der Waals surface area contributed by atoms with Crippen LogP contribution in [0.15, 0.2) is 24.3 Å². The Kier molecular flexibility index (Phi) is 4.45. The number of benzene rings is 1. The standard InChI is InChI=1S/C17H26O/c1-3-8-14(2)13-17(18)12-7-6-10-15-9-4-5-11-16(15)17/h4-5,9,11,14,18H,3,6-8,10,12-13H2,1-2H3. The first-order valence-electron chi connectivity index (χ1n) is 7.46. The number of hydrogen-bond acceptors (Lipinski definition) is 1. The van der Waals surface area contributed by atoms with E-state index in [1.165, 1.54) is 30.4 Å². The molecule has 1 nitrogen and oxygen atoms in total. The van der Waals surface area contributed by atoms with Crippen molar-refractivity contribution in [1.82, 2.24) is 0 Å². The molecule has 1 aromatic carbocycles. The Morgan fingerprint density at radius 3 is 2.83 bits per heavy atom. The highest BCUT2D eigenvalue weighted by atomic mass is 16.3. The summed E-state index contributed by atoms with van der Waals surface area (Å²) >= 11 is 0. The monoisotopic (exact) mass is 246 g/mol. The van der Waals surface area contributed by atoms with Gasteiger partial charge < -0.3 is 5.11 Å². The Bertz CT molecular complexity index is 385. The van der Waals surface area contributed by atoms with Gasteiger partial charge in [-0.1, -0.05) is 51.0 Å². The molecule has 1 aliphatic rings. The molecule has 2 rings (SSSR count). The van der Waals surface area contributed by atoms with Gasteiger partial charge in [-0.3, -0.25) is 0 Å². The van der Waals surface area contributed by atoms with Crippen molar-refractivity contribution in [3.63, 3.8) is 0 Å². The van der Waals surface area contributed by atoms with E-state index in [1.807, 2.05) is 0 Å². The molecule has 1 heteroatoms. The maximum absolute atomic E-state index is 11.1. The second-order valence-electron chi connectivity index (χ2n) is 5.99. The summed E-state index contributed by atoms with van der Waals surface area (Å²) in [6, 6.07) is 8.50. The smallest absolute Gasteiger partial charge is 0.0901 e. The number of aliphatic hydroxyl groups is 1. The van der Waals surface area contributed by atoms with E-state index in [0.717, 1.165) is 25.7 Å². The maximum Gasteiger partial charge on any atom is 0.0901 e. The summed E-state index contributed by atoms with van der Waals surface area (Å²) in [5.41, 5.74) is 1.98. The van der Waals surface area contributed by atoms with E-state index in [9.17, 15) is 5.11 Å². The van der Waals surface area contributed by atoms with Crippen LogP contribution in [-0.2, 0) is 12.0 Å². The molecule has 0 bridgehead atoms. The van der Waals surface area contributed by atoms with E-state index >= 15 is 0 Å². The van der Waals surface area contributed by atoms with Crippen molar-refractivity contribution < 1.29 is 5.11 Å². The highest BCUT2D eigenvalue weighted by molar-refractivity contribution is 5.33. The lowest BCUT2D eigenvalue weighted by Crippen LogP contribution is -2.28. The Balaban J connectivity index is 2.25. The Labute approximate surface area is 111 Å². The molecular weight excluding hydrogens is 220 g/mol. The molecule has 1 aliphatic carbocycles. The Morgan fingerprint density at radius 2 is 2.06 bits per heavy atom. The second kappa shape index (κ2) is 5.88. The van der Waals surface area contributed by atoms with Gasteiger partial charge in [0.05, 0.1) is 5.60 Å². The van der Waals surface area contributed by atoms with Crippen LogP contribution in [0.2, 0.25) is 0 Å². The zero-order valence-corrected chi connectivity index (χ0v) is 11.8. The first-order valence-corrected chi connectivity index (χ1v) is 7.46. The predicted molar refractivity (Wildman–Crippen MR) is 76.6 cm³/mol. The van der Waals surface area contributed by atoms with E-state index in [1.54, 1.807) is 0 Å². The van der Waals surface area contributed by atoms with Crippen molar-refractivity contribution in [1.29, 1.82) is 0 Å². The SMILES string of the molecule is CCCC(C)CC1(O)CCCCc2ccccc21. The third kappa shape index (κ3) is 2.95. The minimum atomic E-state index is -0.582. The number of rotatable bonds is 4. The van der Waals surface area contributed by atoms with E-state index < -0.39 is 5.60 Å². The molecule has 0 aliphatic heterocycles. The molecule has 0 radical (unpaired) electrons. The number of hydrogen-bond donors (Lipinski definition) is 1. The molecule has 0 saturated heterocycles. The molecule has 0 spiro atoms. The highest BCUT2D eigenvalue weighted by Gasteiger charge is 2.33. The molecular formula is C17H26O. The maximum atomic E-state index is 11.1. The number of aryl methyl sites for hydroxylation is 1. The van der Waals surface area contributed by atoms with Gasteiger partial charge in [-0.05, 0) is 49.1 Å². The summed E-state index contributed by atoms with van der Waals surface area (Å²) in [6.07, 6.45) is 7.74. The lowest BCUT2D eigenvalue weighted by Gasteiger charge is -2.31. The van der Waals surface area contributed by atoms with Gasteiger partial charge in [-0.15, -0.1) is 0 Å². The average Bonchev–Trinajstić information content (AvgIpc) is 2.50. The van der Waals surface area contributed by atoms with Gasteiger partial charge in [0.1, 0.15) is 0 Å². The highest BCUT2D eigenvalue weighted by Crippen LogP contribution is 2.39. The molecule has 0 saturated carbocycles. The van der Waals surface area contributed by atoms with Gasteiger partial charge in [0.25, 0.3) is 0 Å². The third-order valence-corrected chi connectivity index (χ3v) is 4.27. The van der Waals surface area contributed by atoms with Crippen molar-refractivity contribution in [2.24, 2.45) is 5.92 Å².